The van der Waals surface area contributed by atoms with Gasteiger partial charge in [0, 0.05) is 37.2 Å². The Hall–Kier alpha value is -1.53. The second-order valence-corrected chi connectivity index (χ2v) is 7.40. The van der Waals surface area contributed by atoms with E-state index < -0.39 is 0 Å². The number of hydrogen-bond acceptors (Lipinski definition) is 6. The third-order valence-electron chi connectivity index (χ3n) is 4.32. The van der Waals surface area contributed by atoms with Crippen molar-refractivity contribution in [1.29, 1.82) is 0 Å². The molecule has 25 heavy (non-hydrogen) atoms. The molecule has 0 atom stereocenters. The van der Waals surface area contributed by atoms with Crippen LogP contribution in [0.25, 0.3) is 0 Å². The van der Waals surface area contributed by atoms with Gasteiger partial charge in [0.2, 0.25) is 5.01 Å². The number of ether oxygens (including phenoxy) is 1. The van der Waals surface area contributed by atoms with Crippen LogP contribution in [-0.2, 0) is 22.5 Å². The van der Waals surface area contributed by atoms with E-state index in [9.17, 15) is 9.59 Å². The molecule has 0 radical (unpaired) electrons. The zero-order valence-corrected chi connectivity index (χ0v) is 15.9. The SMILES string of the molecule is C=CCCC(=O)CCCCCN1CCc2nc(C(=O)OCC)sc2C1. The van der Waals surface area contributed by atoms with Gasteiger partial charge in [-0.15, -0.1) is 17.9 Å². The summed E-state index contributed by atoms with van der Waals surface area (Å²) < 4.78 is 5.03. The molecular formula is C19H28N2O3S. The summed E-state index contributed by atoms with van der Waals surface area (Å²) in [6.45, 7) is 8.71. The fourth-order valence-electron chi connectivity index (χ4n) is 2.94. The minimum atomic E-state index is -0.311. The fourth-order valence-corrected chi connectivity index (χ4v) is 3.99. The summed E-state index contributed by atoms with van der Waals surface area (Å²) in [6.07, 6.45) is 7.97. The highest BCUT2D eigenvalue weighted by molar-refractivity contribution is 7.13. The molecule has 1 aliphatic heterocycles. The number of fused-ring (bicyclic) bond motifs is 1. The third-order valence-corrected chi connectivity index (χ3v) is 5.38. The zero-order valence-electron chi connectivity index (χ0n) is 15.1. The smallest absolute Gasteiger partial charge is 0.367 e. The van der Waals surface area contributed by atoms with E-state index >= 15 is 0 Å². The lowest BCUT2D eigenvalue weighted by atomic mass is 10.1. The fraction of sp³-hybridized carbons (Fsp3) is 0.632. The van der Waals surface area contributed by atoms with Crippen LogP contribution in [0.3, 0.4) is 0 Å². The molecule has 0 saturated carbocycles. The van der Waals surface area contributed by atoms with E-state index in [0.29, 0.717) is 30.2 Å². The molecule has 0 saturated heterocycles. The van der Waals surface area contributed by atoms with Crippen molar-refractivity contribution in [2.75, 3.05) is 19.7 Å². The lowest BCUT2D eigenvalue weighted by molar-refractivity contribution is -0.119. The predicted molar refractivity (Wildman–Crippen MR) is 100.0 cm³/mol. The van der Waals surface area contributed by atoms with Gasteiger partial charge in [0.15, 0.2) is 0 Å². The van der Waals surface area contributed by atoms with Gasteiger partial charge >= 0.3 is 5.97 Å². The Balaban J connectivity index is 1.68. The molecule has 0 bridgehead atoms. The Morgan fingerprint density at radius 3 is 2.92 bits per heavy atom. The molecule has 1 aromatic heterocycles. The van der Waals surface area contributed by atoms with Crippen LogP contribution in [-0.4, -0.2) is 41.3 Å². The molecule has 0 fully saturated rings. The van der Waals surface area contributed by atoms with Crippen molar-refractivity contribution < 1.29 is 14.3 Å². The number of carbonyl (C=O) groups is 2. The number of carbonyl (C=O) groups excluding carboxylic acids is 2. The molecule has 0 aliphatic carbocycles. The molecule has 0 aromatic carbocycles. The summed E-state index contributed by atoms with van der Waals surface area (Å²) in [5.41, 5.74) is 1.05. The van der Waals surface area contributed by atoms with Gasteiger partial charge in [0.05, 0.1) is 12.3 Å². The molecule has 5 nitrogen and oxygen atoms in total. The van der Waals surface area contributed by atoms with Crippen molar-refractivity contribution in [2.24, 2.45) is 0 Å². The summed E-state index contributed by atoms with van der Waals surface area (Å²) >= 11 is 1.46. The van der Waals surface area contributed by atoms with Gasteiger partial charge in [0.1, 0.15) is 5.78 Å². The van der Waals surface area contributed by atoms with E-state index in [1.807, 2.05) is 0 Å². The minimum Gasteiger partial charge on any atom is -0.461 e. The molecule has 1 aromatic rings. The van der Waals surface area contributed by atoms with Gasteiger partial charge in [-0.1, -0.05) is 12.5 Å². The van der Waals surface area contributed by atoms with Gasteiger partial charge < -0.3 is 4.74 Å². The highest BCUT2D eigenvalue weighted by Crippen LogP contribution is 2.26. The standard InChI is InChI=1S/C19H28N2O3S/c1-3-5-9-15(22)10-7-6-8-12-21-13-11-16-17(14-21)25-18(20-16)19(23)24-4-2/h3H,1,4-14H2,2H3. The first-order chi connectivity index (χ1) is 12.1. The average molecular weight is 365 g/mol. The Kier molecular flexibility index (Phi) is 8.28. The van der Waals surface area contributed by atoms with Crippen LogP contribution in [0.2, 0.25) is 0 Å². The van der Waals surface area contributed by atoms with Gasteiger partial charge in [0.25, 0.3) is 0 Å². The van der Waals surface area contributed by atoms with Crippen LogP contribution in [0, 0.1) is 0 Å². The van der Waals surface area contributed by atoms with E-state index in [1.165, 1.54) is 16.2 Å². The summed E-state index contributed by atoms with van der Waals surface area (Å²) in [7, 11) is 0. The van der Waals surface area contributed by atoms with Gasteiger partial charge in [-0.3, -0.25) is 9.69 Å². The number of unbranched alkanes of at least 4 members (excludes halogenated alkanes) is 2. The van der Waals surface area contributed by atoms with Crippen molar-refractivity contribution in [3.8, 4) is 0 Å². The Labute approximate surface area is 154 Å². The molecular weight excluding hydrogens is 336 g/mol. The summed E-state index contributed by atoms with van der Waals surface area (Å²) in [6, 6.07) is 0. The molecule has 0 unspecified atom stereocenters. The van der Waals surface area contributed by atoms with E-state index in [1.54, 1.807) is 13.0 Å². The first-order valence-electron chi connectivity index (χ1n) is 9.14. The van der Waals surface area contributed by atoms with Gasteiger partial charge in [-0.2, -0.15) is 0 Å². The number of nitrogens with zero attached hydrogens (tertiary/aromatic N) is 2. The van der Waals surface area contributed by atoms with Crippen molar-refractivity contribution >= 4 is 23.1 Å². The van der Waals surface area contributed by atoms with Gasteiger partial charge in [-0.05, 0) is 32.7 Å². The van der Waals surface area contributed by atoms with Crippen molar-refractivity contribution in [1.82, 2.24) is 9.88 Å². The highest BCUT2D eigenvalue weighted by Gasteiger charge is 2.23. The Bertz CT molecular complexity index is 597. The maximum Gasteiger partial charge on any atom is 0.367 e. The number of ketones is 1. The first kappa shape index (κ1) is 19.8. The largest absolute Gasteiger partial charge is 0.461 e. The van der Waals surface area contributed by atoms with Crippen LogP contribution < -0.4 is 0 Å². The number of rotatable bonds is 11. The summed E-state index contributed by atoms with van der Waals surface area (Å²) in [5.74, 6) is 0.0354. The molecule has 0 amide bonds. The number of aromatic nitrogens is 1. The molecule has 138 valence electrons. The molecule has 1 aliphatic rings. The molecule has 0 spiro atoms. The lowest BCUT2D eigenvalue weighted by Crippen LogP contribution is -2.30. The van der Waals surface area contributed by atoms with E-state index in [-0.39, 0.29) is 5.97 Å². The Morgan fingerprint density at radius 1 is 1.32 bits per heavy atom. The molecule has 6 heteroatoms. The minimum absolute atomic E-state index is 0.311. The van der Waals surface area contributed by atoms with E-state index in [0.717, 1.165) is 57.4 Å². The van der Waals surface area contributed by atoms with Crippen LogP contribution in [0.15, 0.2) is 12.7 Å². The van der Waals surface area contributed by atoms with Crippen molar-refractivity contribution in [2.45, 2.75) is 58.4 Å². The quantitative estimate of drug-likeness (QED) is 0.340. The zero-order chi connectivity index (χ0) is 18.1. The van der Waals surface area contributed by atoms with E-state index in [4.69, 9.17) is 4.74 Å². The maximum atomic E-state index is 11.8. The van der Waals surface area contributed by atoms with Crippen molar-refractivity contribution in [3.63, 3.8) is 0 Å². The topological polar surface area (TPSA) is 59.5 Å². The third kappa shape index (κ3) is 6.36. The molecule has 2 heterocycles. The summed E-state index contributed by atoms with van der Waals surface area (Å²) in [5, 5.41) is 0.478. The highest BCUT2D eigenvalue weighted by atomic mass is 32.1. The maximum absolute atomic E-state index is 11.8. The second kappa shape index (κ2) is 10.5. The Morgan fingerprint density at radius 2 is 2.16 bits per heavy atom. The molecule has 2 rings (SSSR count). The first-order valence-corrected chi connectivity index (χ1v) is 9.96. The van der Waals surface area contributed by atoms with Crippen LogP contribution in [0.1, 0.15) is 65.8 Å². The van der Waals surface area contributed by atoms with Gasteiger partial charge in [-0.25, -0.2) is 9.78 Å². The molecule has 0 N–H and O–H groups in total. The average Bonchev–Trinajstić information content (AvgIpc) is 3.03. The number of esters is 1. The van der Waals surface area contributed by atoms with Crippen LogP contribution in [0.4, 0.5) is 0 Å². The summed E-state index contributed by atoms with van der Waals surface area (Å²) in [4.78, 5) is 31.4. The monoisotopic (exact) mass is 364 g/mol. The van der Waals surface area contributed by atoms with Crippen molar-refractivity contribution in [3.05, 3.63) is 28.2 Å². The normalized spacial score (nSPS) is 14.1. The number of allylic oxidation sites excluding steroid dienone is 1. The second-order valence-electron chi connectivity index (χ2n) is 6.31. The predicted octanol–water partition coefficient (Wildman–Crippen LogP) is 3.77. The number of hydrogen-bond donors (Lipinski definition) is 0. The number of thiazole rings is 1. The van der Waals surface area contributed by atoms with E-state index in [2.05, 4.69) is 16.5 Å². The number of Topliss-reactive ketones (excluding diaryl/α,β-unsaturated/α-hetero) is 1. The lowest BCUT2D eigenvalue weighted by Gasteiger charge is -2.25. The van der Waals surface area contributed by atoms with Crippen LogP contribution in [0.5, 0.6) is 0 Å². The van der Waals surface area contributed by atoms with Crippen LogP contribution >= 0.6 is 11.3 Å².